The van der Waals surface area contributed by atoms with Crippen molar-refractivity contribution >= 4 is 3.81 Å². The Labute approximate surface area is 191 Å². The van der Waals surface area contributed by atoms with Crippen molar-refractivity contribution in [3.63, 3.8) is 0 Å². The van der Waals surface area contributed by atoms with E-state index in [-0.39, 0.29) is 0 Å². The van der Waals surface area contributed by atoms with Crippen molar-refractivity contribution in [3.8, 4) is 22.3 Å². The Morgan fingerprint density at radius 1 is 0.600 bits per heavy atom. The third kappa shape index (κ3) is 4.62. The SMILES string of the molecule is C[C](C)=[Ti+2].[c-]1cccc2c1Cc1ccccc1-2.[c-]1cccc2c1Cc1ccccc1-2. The summed E-state index contributed by atoms with van der Waals surface area (Å²) in [6, 6.07) is 36.2. The van der Waals surface area contributed by atoms with E-state index in [0.717, 1.165) is 12.8 Å². The summed E-state index contributed by atoms with van der Waals surface area (Å²) in [4.78, 5) is 0. The van der Waals surface area contributed by atoms with Crippen molar-refractivity contribution in [3.05, 3.63) is 119 Å². The Morgan fingerprint density at radius 3 is 1.40 bits per heavy atom. The molecule has 0 atom stereocenters. The maximum atomic E-state index is 3.30. The topological polar surface area (TPSA) is 0 Å². The van der Waals surface area contributed by atoms with Gasteiger partial charge in [0.1, 0.15) is 0 Å². The monoisotopic (exact) mass is 420 g/mol. The van der Waals surface area contributed by atoms with Crippen molar-refractivity contribution in [2.75, 3.05) is 0 Å². The van der Waals surface area contributed by atoms with E-state index in [4.69, 9.17) is 0 Å². The summed E-state index contributed by atoms with van der Waals surface area (Å²) in [6.07, 6.45) is 2.10. The summed E-state index contributed by atoms with van der Waals surface area (Å²) in [5.41, 5.74) is 11.0. The van der Waals surface area contributed by atoms with E-state index in [1.165, 1.54) is 48.3 Å². The van der Waals surface area contributed by atoms with Crippen LogP contribution in [0.15, 0.2) is 84.9 Å². The molecule has 0 saturated heterocycles. The molecule has 0 saturated carbocycles. The number of hydrogen-bond donors (Lipinski definition) is 0. The van der Waals surface area contributed by atoms with Gasteiger partial charge in [0, 0.05) is 0 Å². The van der Waals surface area contributed by atoms with Gasteiger partial charge in [0.05, 0.1) is 0 Å². The fourth-order valence-electron chi connectivity index (χ4n) is 4.00. The predicted octanol–water partition coefficient (Wildman–Crippen LogP) is 6.86. The molecule has 0 aromatic heterocycles. The van der Waals surface area contributed by atoms with Gasteiger partial charge in [-0.05, 0) is 12.8 Å². The summed E-state index contributed by atoms with van der Waals surface area (Å²) in [6.45, 7) is 4.17. The Balaban J connectivity index is 0.000000124. The van der Waals surface area contributed by atoms with Crippen molar-refractivity contribution in [2.45, 2.75) is 26.7 Å². The number of fused-ring (bicyclic) bond motifs is 6. The van der Waals surface area contributed by atoms with Gasteiger partial charge in [-0.1, -0.05) is 70.8 Å². The van der Waals surface area contributed by atoms with Gasteiger partial charge in [-0.2, -0.15) is 59.7 Å². The second-order valence-corrected chi connectivity index (χ2v) is 9.35. The van der Waals surface area contributed by atoms with E-state index in [0.29, 0.717) is 0 Å². The molecule has 0 heterocycles. The molecule has 0 unspecified atom stereocenters. The van der Waals surface area contributed by atoms with E-state index in [1.54, 1.807) is 0 Å². The molecule has 0 bridgehead atoms. The van der Waals surface area contributed by atoms with E-state index in [2.05, 4.69) is 119 Å². The molecule has 0 nitrogen and oxygen atoms in total. The van der Waals surface area contributed by atoms with E-state index >= 15 is 0 Å². The van der Waals surface area contributed by atoms with Crippen LogP contribution in [0.25, 0.3) is 22.3 Å². The average Bonchev–Trinajstić information content (AvgIpc) is 3.32. The minimum absolute atomic E-state index is 1.05. The first-order valence-electron chi connectivity index (χ1n) is 10.3. The zero-order valence-electron chi connectivity index (χ0n) is 17.5. The first-order valence-corrected chi connectivity index (χ1v) is 11.1. The molecule has 0 aliphatic heterocycles. The molecular formula is C29H24Ti. The second kappa shape index (κ2) is 9.52. The van der Waals surface area contributed by atoms with Crippen LogP contribution in [0.3, 0.4) is 0 Å². The first-order chi connectivity index (χ1) is 14.6. The van der Waals surface area contributed by atoms with Crippen molar-refractivity contribution in [2.24, 2.45) is 0 Å². The largest absolute Gasteiger partial charge is 0.179 e. The summed E-state index contributed by atoms with van der Waals surface area (Å²) in [5.74, 6) is 0. The van der Waals surface area contributed by atoms with Gasteiger partial charge in [-0.25, -0.2) is 0 Å². The van der Waals surface area contributed by atoms with Crippen molar-refractivity contribution in [1.82, 2.24) is 0 Å². The number of rotatable bonds is 0. The smallest absolute Gasteiger partial charge is 0.0253 e. The van der Waals surface area contributed by atoms with Crippen LogP contribution in [0.4, 0.5) is 0 Å². The maximum absolute atomic E-state index is 3.30. The summed E-state index contributed by atoms with van der Waals surface area (Å²) < 4.78 is 1.42. The molecule has 0 radical (unpaired) electrons. The van der Waals surface area contributed by atoms with Crippen LogP contribution in [0, 0.1) is 12.1 Å². The third-order valence-electron chi connectivity index (χ3n) is 5.23. The number of hydrogen-bond acceptors (Lipinski definition) is 0. The van der Waals surface area contributed by atoms with Gasteiger partial charge in [0.2, 0.25) is 0 Å². The van der Waals surface area contributed by atoms with Crippen LogP contribution in [0.5, 0.6) is 0 Å². The fraction of sp³-hybridized carbons (Fsp3) is 0.138. The second-order valence-electron chi connectivity index (χ2n) is 7.79. The minimum Gasteiger partial charge on any atom is -0.179 e. The standard InChI is InChI=1S/2C13H9.C3H6.Ti/c2*1-3-7-12-10(5-1)9-11-6-2-4-8-13(11)12;1-3-2;/h2*1-5,7-8H,9H2;1-2H3;/q2*-1;;+2. The first kappa shape index (κ1) is 20.7. The Morgan fingerprint density at radius 2 is 0.967 bits per heavy atom. The molecule has 4 aromatic carbocycles. The predicted molar refractivity (Wildman–Crippen MR) is 123 cm³/mol. The molecule has 1 heteroatoms. The normalized spacial score (nSPS) is 11.6. The average molecular weight is 420 g/mol. The molecule has 6 rings (SSSR count). The molecule has 2 aliphatic rings. The molecule has 144 valence electrons. The zero-order chi connectivity index (χ0) is 20.9. The van der Waals surface area contributed by atoms with Gasteiger partial charge < -0.3 is 0 Å². The van der Waals surface area contributed by atoms with Crippen molar-refractivity contribution < 1.29 is 20.0 Å². The summed E-state index contributed by atoms with van der Waals surface area (Å²) >= 11 is 2.08. The minimum atomic E-state index is 1.05. The summed E-state index contributed by atoms with van der Waals surface area (Å²) in [5, 5.41) is 0. The Hall–Kier alpha value is -2.54. The third-order valence-corrected chi connectivity index (χ3v) is 5.23. The number of benzene rings is 4. The van der Waals surface area contributed by atoms with Crippen LogP contribution < -0.4 is 0 Å². The molecule has 0 spiro atoms. The summed E-state index contributed by atoms with van der Waals surface area (Å²) in [7, 11) is 0. The molecule has 4 aromatic rings. The molecule has 30 heavy (non-hydrogen) atoms. The van der Waals surface area contributed by atoms with Crippen LogP contribution in [-0.2, 0) is 32.8 Å². The molecule has 0 N–H and O–H groups in total. The van der Waals surface area contributed by atoms with Crippen LogP contribution in [-0.4, -0.2) is 3.81 Å². The van der Waals surface area contributed by atoms with Gasteiger partial charge in [0.15, 0.2) is 0 Å². The van der Waals surface area contributed by atoms with Crippen LogP contribution in [0.2, 0.25) is 0 Å². The Kier molecular flexibility index (Phi) is 6.57. The maximum Gasteiger partial charge on any atom is -0.0253 e. The molecule has 2 aliphatic carbocycles. The van der Waals surface area contributed by atoms with Gasteiger partial charge >= 0.3 is 37.6 Å². The van der Waals surface area contributed by atoms with E-state index in [1.807, 2.05) is 12.1 Å². The quantitative estimate of drug-likeness (QED) is 0.186. The zero-order valence-corrected chi connectivity index (χ0v) is 19.1. The van der Waals surface area contributed by atoms with Crippen molar-refractivity contribution in [1.29, 1.82) is 0 Å². The molecular weight excluding hydrogens is 396 g/mol. The molecule has 0 fully saturated rings. The molecule has 0 amide bonds. The van der Waals surface area contributed by atoms with Gasteiger partial charge in [-0.3, -0.25) is 0 Å². The van der Waals surface area contributed by atoms with E-state index < -0.39 is 0 Å². The van der Waals surface area contributed by atoms with Crippen LogP contribution >= 0.6 is 0 Å². The fourth-order valence-corrected chi connectivity index (χ4v) is 4.00. The van der Waals surface area contributed by atoms with Gasteiger partial charge in [0.25, 0.3) is 0 Å². The van der Waals surface area contributed by atoms with Gasteiger partial charge in [-0.15, -0.1) is 11.1 Å². The van der Waals surface area contributed by atoms with Crippen LogP contribution in [0.1, 0.15) is 36.1 Å². The Bertz CT molecular complexity index is 1010. The van der Waals surface area contributed by atoms with E-state index in [9.17, 15) is 0 Å².